The first kappa shape index (κ1) is 32.0. The number of halogens is 3. The fourth-order valence-corrected chi connectivity index (χ4v) is 6.10. The number of anilines is 1. The fraction of sp³-hybridized carbons (Fsp3) is 0.607. The molecule has 1 aromatic heterocycles. The van der Waals surface area contributed by atoms with Gasteiger partial charge in [0.1, 0.15) is 0 Å². The van der Waals surface area contributed by atoms with Gasteiger partial charge in [-0.15, -0.1) is 3.89 Å². The van der Waals surface area contributed by atoms with E-state index in [4.69, 9.17) is 0 Å². The molecule has 4 rings (SSSR count). The van der Waals surface area contributed by atoms with Gasteiger partial charge in [-0.25, -0.2) is 8.78 Å². The van der Waals surface area contributed by atoms with Crippen molar-refractivity contribution < 1.29 is 30.7 Å². The Morgan fingerprint density at radius 3 is 2.60 bits per heavy atom. The van der Waals surface area contributed by atoms with Crippen molar-refractivity contribution in [2.24, 2.45) is 0 Å². The molecule has 1 aromatic carbocycles. The van der Waals surface area contributed by atoms with Crippen molar-refractivity contribution in [2.75, 3.05) is 77.1 Å². The van der Waals surface area contributed by atoms with Gasteiger partial charge >= 0.3 is 10.2 Å². The number of rotatable bonds is 12. The number of fused-ring (bicyclic) bond motifs is 1. The zero-order valence-corrected chi connectivity index (χ0v) is 24.9. The summed E-state index contributed by atoms with van der Waals surface area (Å²) in [5, 5.41) is 3.14. The number of piperazine rings is 1. The van der Waals surface area contributed by atoms with Crippen molar-refractivity contribution in [3.8, 4) is 0 Å². The van der Waals surface area contributed by atoms with E-state index in [1.54, 1.807) is 6.07 Å². The van der Waals surface area contributed by atoms with Crippen LogP contribution in [0.5, 0.6) is 0 Å². The summed E-state index contributed by atoms with van der Waals surface area (Å²) in [5.74, 6) is -5.20. The van der Waals surface area contributed by atoms with Crippen LogP contribution in [0.2, 0.25) is 0 Å². The van der Waals surface area contributed by atoms with E-state index in [2.05, 4.69) is 32.0 Å². The summed E-state index contributed by atoms with van der Waals surface area (Å²) < 4.78 is 62.6. The molecule has 2 amide bonds. The summed E-state index contributed by atoms with van der Waals surface area (Å²) in [4.78, 5) is 38.2. The van der Waals surface area contributed by atoms with Crippen LogP contribution in [0.1, 0.15) is 36.0 Å². The molecule has 0 aliphatic carbocycles. The number of aromatic nitrogens is 1. The van der Waals surface area contributed by atoms with Crippen LogP contribution in [0.4, 0.5) is 18.4 Å². The minimum atomic E-state index is -4.73. The zero-order chi connectivity index (χ0) is 30.5. The lowest BCUT2D eigenvalue weighted by atomic mass is 10.1. The largest absolute Gasteiger partial charge is 0.375 e. The summed E-state index contributed by atoms with van der Waals surface area (Å²) in [7, 11) is -0.609. The van der Waals surface area contributed by atoms with Gasteiger partial charge in [0.15, 0.2) is 0 Å². The molecule has 2 saturated heterocycles. The first-order chi connectivity index (χ1) is 19.8. The van der Waals surface area contributed by atoms with Crippen LogP contribution in [0.25, 0.3) is 10.9 Å². The van der Waals surface area contributed by atoms with E-state index >= 15 is 0 Å². The van der Waals surface area contributed by atoms with E-state index in [0.29, 0.717) is 16.5 Å². The number of nitrogens with one attached hydrogen (secondary N) is 1. The molecule has 232 valence electrons. The van der Waals surface area contributed by atoms with E-state index < -0.39 is 59.3 Å². The summed E-state index contributed by atoms with van der Waals surface area (Å²) >= 11 is 0. The van der Waals surface area contributed by atoms with Gasteiger partial charge in [-0.3, -0.25) is 14.6 Å². The molecule has 2 aliphatic heterocycles. The molecule has 1 unspecified atom stereocenters. The molecule has 2 aromatic rings. The minimum absolute atomic E-state index is 0.0842. The molecular formula is C28H39F3N6O4S. The summed E-state index contributed by atoms with van der Waals surface area (Å²) in [6.07, 6.45) is 1.57. The molecule has 14 heteroatoms. The molecule has 42 heavy (non-hydrogen) atoms. The van der Waals surface area contributed by atoms with Gasteiger partial charge < -0.3 is 24.9 Å². The van der Waals surface area contributed by atoms with Gasteiger partial charge in [0.05, 0.1) is 29.9 Å². The Hall–Kier alpha value is -2.97. The predicted octanol–water partition coefficient (Wildman–Crippen LogP) is 2.35. The number of pyridine rings is 1. The smallest absolute Gasteiger partial charge is 0.302 e. The van der Waals surface area contributed by atoms with Gasteiger partial charge in [-0.1, -0.05) is 0 Å². The number of likely N-dealkylation sites (N-methyl/N-ethyl adjacent to an activating group) is 1. The number of hydrogen-bond donors (Lipinski definition) is 1. The Labute approximate surface area is 245 Å². The Bertz CT molecular complexity index is 1370. The third-order valence-electron chi connectivity index (χ3n) is 8.00. The van der Waals surface area contributed by atoms with Crippen LogP contribution in [-0.2, 0) is 15.0 Å². The zero-order valence-electron chi connectivity index (χ0n) is 24.1. The van der Waals surface area contributed by atoms with Crippen molar-refractivity contribution in [1.29, 1.82) is 0 Å². The Kier molecular flexibility index (Phi) is 10.3. The number of alkyl halides is 2. The SMILES string of the molecule is CN1CCN(CCCN(C)c2ccc3nccc(C(=O)NCC(=O)N4CC(F)(F)CC4CCCS(=O)(=O)F)c3c2)CC1. The maximum absolute atomic E-state index is 14.1. The lowest BCUT2D eigenvalue weighted by molar-refractivity contribution is -0.132. The van der Waals surface area contributed by atoms with E-state index in [1.807, 2.05) is 25.2 Å². The molecule has 0 spiro atoms. The second kappa shape index (κ2) is 13.6. The van der Waals surface area contributed by atoms with Crippen molar-refractivity contribution >= 4 is 38.6 Å². The normalized spacial score (nSPS) is 19.7. The molecule has 0 saturated carbocycles. The summed E-state index contributed by atoms with van der Waals surface area (Å²) in [6, 6.07) is 6.26. The number of carbonyl (C=O) groups excluding carboxylic acids is 2. The van der Waals surface area contributed by atoms with Crippen LogP contribution >= 0.6 is 0 Å². The first-order valence-electron chi connectivity index (χ1n) is 14.2. The van der Waals surface area contributed by atoms with Crippen molar-refractivity contribution in [1.82, 2.24) is 25.0 Å². The highest BCUT2D eigenvalue weighted by Gasteiger charge is 2.46. The summed E-state index contributed by atoms with van der Waals surface area (Å²) in [5.41, 5.74) is 1.82. The molecule has 2 fully saturated rings. The Morgan fingerprint density at radius 2 is 1.88 bits per heavy atom. The van der Waals surface area contributed by atoms with Crippen LogP contribution in [0, 0.1) is 0 Å². The van der Waals surface area contributed by atoms with Gasteiger partial charge in [0.2, 0.25) is 5.91 Å². The fourth-order valence-electron chi connectivity index (χ4n) is 5.59. The standard InChI is InChI=1S/C28H39F3N6O4S/c1-34-12-14-36(15-13-34)11-4-10-35(2)21-6-7-25-24(17-21)23(8-9-32-25)27(39)33-19-26(38)37-20-28(29,30)18-22(37)5-3-16-42(31,40)41/h6-9,17,22H,3-5,10-16,18-20H2,1-2H3,(H,33,39). The highest BCUT2D eigenvalue weighted by atomic mass is 32.3. The number of carbonyl (C=O) groups is 2. The molecular weight excluding hydrogens is 573 g/mol. The van der Waals surface area contributed by atoms with Crippen LogP contribution in [0.3, 0.4) is 0 Å². The van der Waals surface area contributed by atoms with E-state index in [9.17, 15) is 30.7 Å². The minimum Gasteiger partial charge on any atom is -0.375 e. The third-order valence-corrected chi connectivity index (χ3v) is 8.77. The summed E-state index contributed by atoms with van der Waals surface area (Å²) in [6.45, 7) is 4.75. The maximum Gasteiger partial charge on any atom is 0.302 e. The van der Waals surface area contributed by atoms with Crippen LogP contribution in [0.15, 0.2) is 30.5 Å². The van der Waals surface area contributed by atoms with Gasteiger partial charge in [0.25, 0.3) is 11.8 Å². The Balaban J connectivity index is 1.36. The first-order valence-corrected chi connectivity index (χ1v) is 15.8. The second-order valence-electron chi connectivity index (χ2n) is 11.3. The Morgan fingerprint density at radius 1 is 1.14 bits per heavy atom. The number of hydrogen-bond acceptors (Lipinski definition) is 8. The van der Waals surface area contributed by atoms with Crippen molar-refractivity contribution in [3.63, 3.8) is 0 Å². The van der Waals surface area contributed by atoms with Gasteiger partial charge in [0, 0.05) is 69.5 Å². The predicted molar refractivity (Wildman–Crippen MR) is 155 cm³/mol. The number of amides is 2. The van der Waals surface area contributed by atoms with Crippen LogP contribution < -0.4 is 10.2 Å². The van der Waals surface area contributed by atoms with Crippen molar-refractivity contribution in [3.05, 3.63) is 36.0 Å². The highest BCUT2D eigenvalue weighted by Crippen LogP contribution is 2.34. The topological polar surface area (TPSA) is 106 Å². The van der Waals surface area contributed by atoms with E-state index in [-0.39, 0.29) is 12.8 Å². The second-order valence-corrected chi connectivity index (χ2v) is 12.8. The number of benzene rings is 1. The average Bonchev–Trinajstić information content (AvgIpc) is 3.25. The van der Waals surface area contributed by atoms with Crippen LogP contribution in [-0.4, -0.2) is 124 Å². The monoisotopic (exact) mass is 612 g/mol. The van der Waals surface area contributed by atoms with E-state index in [1.165, 1.54) is 6.20 Å². The quantitative estimate of drug-likeness (QED) is 0.365. The number of likely N-dealkylation sites (tertiary alicyclic amines) is 1. The van der Waals surface area contributed by atoms with Gasteiger partial charge in [-0.2, -0.15) is 8.42 Å². The van der Waals surface area contributed by atoms with E-state index in [0.717, 1.165) is 56.3 Å². The highest BCUT2D eigenvalue weighted by molar-refractivity contribution is 7.86. The lowest BCUT2D eigenvalue weighted by Gasteiger charge is -2.32. The number of nitrogens with zero attached hydrogens (tertiary/aromatic N) is 5. The maximum atomic E-state index is 14.1. The lowest BCUT2D eigenvalue weighted by Crippen LogP contribution is -2.45. The molecule has 10 nitrogen and oxygen atoms in total. The average molecular weight is 613 g/mol. The molecule has 0 radical (unpaired) electrons. The van der Waals surface area contributed by atoms with Crippen molar-refractivity contribution in [2.45, 2.75) is 37.6 Å². The molecule has 0 bridgehead atoms. The molecule has 1 N–H and O–H groups in total. The molecule has 1 atom stereocenters. The molecule has 3 heterocycles. The molecule has 2 aliphatic rings. The third kappa shape index (κ3) is 8.77. The van der Waals surface area contributed by atoms with Gasteiger partial charge in [-0.05, 0) is 57.1 Å².